The number of rotatable bonds is 3. The lowest BCUT2D eigenvalue weighted by atomic mass is 10.5. The maximum absolute atomic E-state index is 4.99. The van der Waals surface area contributed by atoms with Crippen molar-refractivity contribution in [2.24, 2.45) is 0 Å². The van der Waals surface area contributed by atoms with Crippen LogP contribution in [0, 0.1) is 6.92 Å². The molecule has 0 N–H and O–H groups in total. The van der Waals surface area contributed by atoms with Gasteiger partial charge < -0.3 is 4.74 Å². The van der Waals surface area contributed by atoms with E-state index in [-0.39, 0.29) is 0 Å². The maximum atomic E-state index is 4.99. The normalized spacial score (nSPS) is 9.00. The Morgan fingerprint density at radius 3 is 2.50 bits per heavy atom. The molecule has 36 valence electrons. The highest BCUT2D eigenvalue weighted by molar-refractivity contribution is 4.28. The lowest BCUT2D eigenvalue weighted by Crippen LogP contribution is -1.89. The molecule has 0 bridgehead atoms. The third-order valence-corrected chi connectivity index (χ3v) is 0.466. The number of hydrogen-bond donors (Lipinski definition) is 0. The summed E-state index contributed by atoms with van der Waals surface area (Å²) in [6.45, 7) is 8.19. The molecule has 0 rings (SSSR count). The molecule has 0 aliphatic rings. The minimum Gasteiger partial charge on any atom is -0.381 e. The van der Waals surface area contributed by atoms with Crippen molar-refractivity contribution in [3.63, 3.8) is 0 Å². The van der Waals surface area contributed by atoms with Crippen molar-refractivity contribution in [3.05, 3.63) is 6.92 Å². The van der Waals surface area contributed by atoms with Crippen LogP contribution in [-0.4, -0.2) is 13.2 Å². The van der Waals surface area contributed by atoms with E-state index in [0.29, 0.717) is 6.61 Å². The van der Waals surface area contributed by atoms with Crippen LogP contribution in [0.5, 0.6) is 0 Å². The van der Waals surface area contributed by atoms with Crippen molar-refractivity contribution < 1.29 is 4.74 Å². The topological polar surface area (TPSA) is 9.23 Å². The lowest BCUT2D eigenvalue weighted by Gasteiger charge is -1.91. The second kappa shape index (κ2) is 4.96. The summed E-state index contributed by atoms with van der Waals surface area (Å²) in [5.74, 6) is 0. The van der Waals surface area contributed by atoms with Gasteiger partial charge in [-0.1, -0.05) is 6.92 Å². The Kier molecular flexibility index (Phi) is 4.93. The summed E-state index contributed by atoms with van der Waals surface area (Å²) in [4.78, 5) is 0. The largest absolute Gasteiger partial charge is 0.381 e. The standard InChI is InChI=1S/C5H10O/c1-3-5-6-4-2/h2H,3-5H2,1H3. The van der Waals surface area contributed by atoms with Crippen molar-refractivity contribution in [3.8, 4) is 0 Å². The van der Waals surface area contributed by atoms with E-state index in [4.69, 9.17) is 11.7 Å². The van der Waals surface area contributed by atoms with E-state index in [2.05, 4.69) is 6.92 Å². The second-order valence-electron chi connectivity index (χ2n) is 1.07. The molecule has 0 heterocycles. The van der Waals surface area contributed by atoms with Gasteiger partial charge in [0.1, 0.15) is 0 Å². The van der Waals surface area contributed by atoms with Crippen LogP contribution in [0.1, 0.15) is 13.3 Å². The summed E-state index contributed by atoms with van der Waals surface area (Å²) in [5.41, 5.74) is 0. The molecular weight excluding hydrogens is 76.1 g/mol. The van der Waals surface area contributed by atoms with E-state index in [0.717, 1.165) is 13.0 Å². The maximum Gasteiger partial charge on any atom is 0.0501 e. The summed E-state index contributed by atoms with van der Waals surface area (Å²) in [6.07, 6.45) is 1.05. The minimum atomic E-state index is 0.355. The highest BCUT2D eigenvalue weighted by Gasteiger charge is 1.73. The molecule has 1 heteroatoms. The van der Waals surface area contributed by atoms with E-state index >= 15 is 0 Å². The minimum absolute atomic E-state index is 0.355. The van der Waals surface area contributed by atoms with Crippen LogP contribution in [0.15, 0.2) is 0 Å². The second-order valence-corrected chi connectivity index (χ2v) is 1.07. The van der Waals surface area contributed by atoms with E-state index < -0.39 is 0 Å². The Bertz CT molecular complexity index is 15.9. The van der Waals surface area contributed by atoms with Gasteiger partial charge in [0.05, 0.1) is 6.61 Å². The Morgan fingerprint density at radius 1 is 1.67 bits per heavy atom. The molecule has 0 aromatic carbocycles. The van der Waals surface area contributed by atoms with Crippen LogP contribution >= 0.6 is 0 Å². The predicted octanol–water partition coefficient (Wildman–Crippen LogP) is 1.12. The molecule has 0 aliphatic heterocycles. The van der Waals surface area contributed by atoms with Crippen molar-refractivity contribution in [1.29, 1.82) is 0 Å². The third kappa shape index (κ3) is 3.96. The molecule has 6 heavy (non-hydrogen) atoms. The van der Waals surface area contributed by atoms with Gasteiger partial charge in [0, 0.05) is 6.61 Å². The lowest BCUT2D eigenvalue weighted by molar-refractivity contribution is 0.161. The smallest absolute Gasteiger partial charge is 0.0501 e. The molecule has 0 aliphatic carbocycles. The Balaban J connectivity index is 2.34. The predicted molar refractivity (Wildman–Crippen MR) is 25.4 cm³/mol. The zero-order valence-electron chi connectivity index (χ0n) is 4.11. The zero-order valence-corrected chi connectivity index (χ0v) is 4.11. The van der Waals surface area contributed by atoms with Gasteiger partial charge in [0.2, 0.25) is 0 Å². The summed E-state index contributed by atoms with van der Waals surface area (Å²) in [7, 11) is 0. The van der Waals surface area contributed by atoms with Crippen LogP contribution in [-0.2, 0) is 4.74 Å². The van der Waals surface area contributed by atoms with Gasteiger partial charge in [0.25, 0.3) is 0 Å². The summed E-state index contributed by atoms with van der Waals surface area (Å²) in [6, 6.07) is 0. The zero-order chi connectivity index (χ0) is 4.83. The average Bonchev–Trinajstić information content (AvgIpc) is 1.61. The van der Waals surface area contributed by atoms with E-state index in [1.54, 1.807) is 0 Å². The first kappa shape index (κ1) is 5.96. The molecule has 2 radical (unpaired) electrons. The highest BCUT2D eigenvalue weighted by atomic mass is 16.5. The van der Waals surface area contributed by atoms with Gasteiger partial charge in [-0.25, -0.2) is 0 Å². The van der Waals surface area contributed by atoms with Gasteiger partial charge in [-0.15, -0.1) is 0 Å². The first-order valence-corrected chi connectivity index (χ1v) is 2.19. The van der Waals surface area contributed by atoms with Crippen LogP contribution in [0.2, 0.25) is 0 Å². The van der Waals surface area contributed by atoms with Crippen molar-refractivity contribution in [2.75, 3.05) is 13.2 Å². The van der Waals surface area contributed by atoms with Gasteiger partial charge in [-0.3, -0.25) is 0 Å². The molecule has 0 aromatic rings. The fraction of sp³-hybridized carbons (Fsp3) is 0.800. The molecule has 1 nitrogen and oxygen atoms in total. The molecule has 0 amide bonds. The van der Waals surface area contributed by atoms with Gasteiger partial charge in [0.15, 0.2) is 0 Å². The van der Waals surface area contributed by atoms with Gasteiger partial charge in [-0.2, -0.15) is 0 Å². The van der Waals surface area contributed by atoms with Gasteiger partial charge >= 0.3 is 0 Å². The Morgan fingerprint density at radius 2 is 2.33 bits per heavy atom. The van der Waals surface area contributed by atoms with Crippen LogP contribution in [0.25, 0.3) is 0 Å². The fourth-order valence-electron chi connectivity index (χ4n) is 0.228. The number of hydrogen-bond acceptors (Lipinski definition) is 1. The van der Waals surface area contributed by atoms with Crippen molar-refractivity contribution >= 4 is 0 Å². The fourth-order valence-corrected chi connectivity index (χ4v) is 0.228. The summed E-state index contributed by atoms with van der Waals surface area (Å²) in [5, 5.41) is 0. The van der Waals surface area contributed by atoms with Crippen LogP contribution in [0.3, 0.4) is 0 Å². The van der Waals surface area contributed by atoms with Crippen LogP contribution in [0.4, 0.5) is 0 Å². The monoisotopic (exact) mass is 86.1 g/mol. The molecular formula is C5H10O. The molecule has 0 fully saturated rings. The van der Waals surface area contributed by atoms with E-state index in [9.17, 15) is 0 Å². The van der Waals surface area contributed by atoms with Crippen molar-refractivity contribution in [1.82, 2.24) is 0 Å². The quantitative estimate of drug-likeness (QED) is 0.468. The molecule has 0 unspecified atom stereocenters. The Labute approximate surface area is 39.3 Å². The number of ether oxygens (including phenoxy) is 1. The molecule has 0 spiro atoms. The van der Waals surface area contributed by atoms with E-state index in [1.165, 1.54) is 0 Å². The van der Waals surface area contributed by atoms with Crippen molar-refractivity contribution in [2.45, 2.75) is 13.3 Å². The SMILES string of the molecule is [CH]COCCC. The first-order valence-electron chi connectivity index (χ1n) is 2.19. The highest BCUT2D eigenvalue weighted by Crippen LogP contribution is 1.75. The third-order valence-electron chi connectivity index (χ3n) is 0.466. The Hall–Kier alpha value is -0.0400. The summed E-state index contributed by atoms with van der Waals surface area (Å²) >= 11 is 0. The summed E-state index contributed by atoms with van der Waals surface area (Å²) < 4.78 is 4.76. The molecule has 0 saturated carbocycles. The first-order chi connectivity index (χ1) is 2.91. The molecule has 0 aromatic heterocycles. The van der Waals surface area contributed by atoms with Crippen LogP contribution < -0.4 is 0 Å². The molecule has 0 saturated heterocycles. The molecule has 0 atom stereocenters. The van der Waals surface area contributed by atoms with E-state index in [1.807, 2.05) is 0 Å². The van der Waals surface area contributed by atoms with Gasteiger partial charge in [-0.05, 0) is 13.3 Å². The average molecular weight is 86.1 g/mol.